The monoisotopic (exact) mass is 244 g/mol. The van der Waals surface area contributed by atoms with E-state index in [2.05, 4.69) is 15.9 Å². The van der Waals surface area contributed by atoms with Gasteiger partial charge >= 0.3 is 0 Å². The molecular formula is C6H13BrO3S. The van der Waals surface area contributed by atoms with Crippen molar-refractivity contribution in [3.63, 3.8) is 0 Å². The molecule has 0 rings (SSSR count). The Morgan fingerprint density at radius 1 is 1.64 bits per heavy atom. The van der Waals surface area contributed by atoms with Gasteiger partial charge in [0.1, 0.15) is 3.66 Å². The van der Waals surface area contributed by atoms with Gasteiger partial charge in [-0.05, 0) is 13.8 Å². The predicted molar refractivity (Wildman–Crippen MR) is 48.5 cm³/mol. The van der Waals surface area contributed by atoms with Gasteiger partial charge in [0.2, 0.25) is 0 Å². The van der Waals surface area contributed by atoms with E-state index in [-0.39, 0.29) is 5.75 Å². The van der Waals surface area contributed by atoms with E-state index in [0.29, 0.717) is 0 Å². The highest BCUT2D eigenvalue weighted by Gasteiger charge is 2.39. The summed E-state index contributed by atoms with van der Waals surface area (Å²) in [6.45, 7) is 4.45. The fourth-order valence-corrected chi connectivity index (χ4v) is 2.31. The second-order valence-electron chi connectivity index (χ2n) is 2.57. The number of hydrogen-bond acceptors (Lipinski definition) is 3. The van der Waals surface area contributed by atoms with Crippen LogP contribution in [0.15, 0.2) is 0 Å². The summed E-state index contributed by atoms with van der Waals surface area (Å²) in [6, 6.07) is 0. The first-order chi connectivity index (χ1) is 4.75. The summed E-state index contributed by atoms with van der Waals surface area (Å²) in [7, 11) is -3.23. The SMILES string of the molecule is CCS(=O)(=O)C(C)(Br)C(C)O. The Kier molecular flexibility index (Phi) is 3.53. The lowest BCUT2D eigenvalue weighted by Crippen LogP contribution is -2.40. The lowest BCUT2D eigenvalue weighted by molar-refractivity contribution is 0.184. The van der Waals surface area contributed by atoms with Crippen LogP contribution in [0.2, 0.25) is 0 Å². The van der Waals surface area contributed by atoms with Gasteiger partial charge < -0.3 is 5.11 Å². The number of alkyl halides is 1. The highest BCUT2D eigenvalue weighted by molar-refractivity contribution is 9.11. The molecule has 0 fully saturated rings. The molecule has 3 nitrogen and oxygen atoms in total. The Bertz CT molecular complexity index is 218. The van der Waals surface area contributed by atoms with Crippen molar-refractivity contribution in [2.75, 3.05) is 5.75 Å². The Morgan fingerprint density at radius 3 is 2.09 bits per heavy atom. The summed E-state index contributed by atoms with van der Waals surface area (Å²) in [5.74, 6) is 0.0274. The lowest BCUT2D eigenvalue weighted by Gasteiger charge is -2.24. The standard InChI is InChI=1S/C6H13BrO3S/c1-4-11(9,10)6(3,7)5(2)8/h5,8H,4H2,1-3H3. The molecule has 0 aromatic rings. The van der Waals surface area contributed by atoms with E-state index in [1.54, 1.807) is 6.92 Å². The second kappa shape index (κ2) is 3.41. The summed E-state index contributed by atoms with van der Waals surface area (Å²) in [6.07, 6.45) is -0.910. The van der Waals surface area contributed by atoms with Crippen LogP contribution in [0.3, 0.4) is 0 Å². The highest BCUT2D eigenvalue weighted by Crippen LogP contribution is 2.29. The average molecular weight is 245 g/mol. The van der Waals surface area contributed by atoms with Gasteiger partial charge in [-0.15, -0.1) is 0 Å². The van der Waals surface area contributed by atoms with E-state index in [1.165, 1.54) is 13.8 Å². The molecule has 0 saturated heterocycles. The van der Waals surface area contributed by atoms with Crippen molar-refractivity contribution in [3.8, 4) is 0 Å². The third-order valence-electron chi connectivity index (χ3n) is 1.73. The molecule has 0 radical (unpaired) electrons. The molecule has 5 heteroatoms. The van der Waals surface area contributed by atoms with Crippen LogP contribution in [0.5, 0.6) is 0 Å². The van der Waals surface area contributed by atoms with Crippen LogP contribution in [0.25, 0.3) is 0 Å². The number of rotatable bonds is 3. The fraction of sp³-hybridized carbons (Fsp3) is 1.00. The molecule has 0 aromatic heterocycles. The summed E-state index contributed by atoms with van der Waals surface area (Å²) < 4.78 is 21.3. The molecule has 0 amide bonds. The maximum atomic E-state index is 11.3. The quantitative estimate of drug-likeness (QED) is 0.752. The molecule has 0 aliphatic heterocycles. The van der Waals surface area contributed by atoms with Crippen LogP contribution in [0.4, 0.5) is 0 Å². The number of halogens is 1. The van der Waals surface area contributed by atoms with Crippen molar-refractivity contribution >= 4 is 25.8 Å². The highest BCUT2D eigenvalue weighted by atomic mass is 79.9. The Hall–Kier alpha value is 0.390. The van der Waals surface area contributed by atoms with Crippen LogP contribution in [-0.4, -0.2) is 29.0 Å². The first-order valence-electron chi connectivity index (χ1n) is 3.35. The third kappa shape index (κ3) is 2.16. The third-order valence-corrected chi connectivity index (χ3v) is 6.19. The molecule has 11 heavy (non-hydrogen) atoms. The van der Waals surface area contributed by atoms with Crippen molar-refractivity contribution in [3.05, 3.63) is 0 Å². The first-order valence-corrected chi connectivity index (χ1v) is 5.79. The molecule has 0 heterocycles. The van der Waals surface area contributed by atoms with Gasteiger partial charge in [-0.2, -0.15) is 0 Å². The Labute approximate surface area is 75.9 Å². The molecule has 0 aliphatic carbocycles. The first kappa shape index (κ1) is 11.4. The molecule has 68 valence electrons. The summed E-state index contributed by atoms with van der Waals surface area (Å²) in [5.41, 5.74) is 0. The van der Waals surface area contributed by atoms with Gasteiger partial charge in [0.25, 0.3) is 0 Å². The lowest BCUT2D eigenvalue weighted by atomic mass is 10.3. The molecular weight excluding hydrogens is 232 g/mol. The molecule has 0 aliphatic rings. The van der Waals surface area contributed by atoms with E-state index in [4.69, 9.17) is 5.11 Å². The second-order valence-corrected chi connectivity index (χ2v) is 7.39. The minimum absolute atomic E-state index is 0.0274. The summed E-state index contributed by atoms with van der Waals surface area (Å²) in [4.78, 5) is 0. The molecule has 2 unspecified atom stereocenters. The Morgan fingerprint density at radius 2 is 2.00 bits per heavy atom. The van der Waals surface area contributed by atoms with Crippen LogP contribution in [-0.2, 0) is 9.84 Å². The molecule has 2 atom stereocenters. The van der Waals surface area contributed by atoms with Crippen molar-refractivity contribution in [1.82, 2.24) is 0 Å². The van der Waals surface area contributed by atoms with Crippen molar-refractivity contribution < 1.29 is 13.5 Å². The zero-order valence-corrected chi connectivity index (χ0v) is 9.24. The van der Waals surface area contributed by atoms with Crippen molar-refractivity contribution in [1.29, 1.82) is 0 Å². The largest absolute Gasteiger partial charge is 0.391 e. The van der Waals surface area contributed by atoms with Crippen LogP contribution in [0.1, 0.15) is 20.8 Å². The van der Waals surface area contributed by atoms with Crippen LogP contribution in [0, 0.1) is 0 Å². The topological polar surface area (TPSA) is 54.4 Å². The van der Waals surface area contributed by atoms with Crippen LogP contribution >= 0.6 is 15.9 Å². The van der Waals surface area contributed by atoms with Gasteiger partial charge in [-0.1, -0.05) is 22.9 Å². The maximum Gasteiger partial charge on any atom is 0.167 e. The Balaban J connectivity index is 4.85. The van der Waals surface area contributed by atoms with Gasteiger partial charge in [-0.25, -0.2) is 8.42 Å². The molecule has 0 spiro atoms. The van der Waals surface area contributed by atoms with Crippen molar-refractivity contribution in [2.24, 2.45) is 0 Å². The number of sulfone groups is 1. The van der Waals surface area contributed by atoms with E-state index >= 15 is 0 Å². The molecule has 0 aromatic carbocycles. The predicted octanol–water partition coefficient (Wildman–Crippen LogP) is 0.913. The van der Waals surface area contributed by atoms with Gasteiger partial charge in [0.05, 0.1) is 6.10 Å². The minimum Gasteiger partial charge on any atom is -0.391 e. The fourth-order valence-electron chi connectivity index (χ4n) is 0.542. The van der Waals surface area contributed by atoms with E-state index < -0.39 is 19.6 Å². The zero-order chi connectivity index (χ0) is 9.28. The smallest absolute Gasteiger partial charge is 0.167 e. The molecule has 0 bridgehead atoms. The van der Waals surface area contributed by atoms with Gasteiger partial charge in [-0.3, -0.25) is 0 Å². The van der Waals surface area contributed by atoms with E-state index in [1.807, 2.05) is 0 Å². The average Bonchev–Trinajstić information content (AvgIpc) is 1.87. The van der Waals surface area contributed by atoms with E-state index in [0.717, 1.165) is 0 Å². The number of aliphatic hydroxyl groups excluding tert-OH is 1. The normalized spacial score (nSPS) is 20.8. The number of hydrogen-bond donors (Lipinski definition) is 1. The van der Waals surface area contributed by atoms with E-state index in [9.17, 15) is 8.42 Å². The van der Waals surface area contributed by atoms with Crippen LogP contribution < -0.4 is 0 Å². The molecule has 0 saturated carbocycles. The maximum absolute atomic E-state index is 11.3. The zero-order valence-electron chi connectivity index (χ0n) is 6.83. The van der Waals surface area contributed by atoms with Gasteiger partial charge in [0.15, 0.2) is 9.84 Å². The minimum atomic E-state index is -3.23. The summed E-state index contributed by atoms with van der Waals surface area (Å²) in [5, 5.41) is 9.12. The molecule has 1 N–H and O–H groups in total. The number of aliphatic hydroxyl groups is 1. The summed E-state index contributed by atoms with van der Waals surface area (Å²) >= 11 is 2.99. The van der Waals surface area contributed by atoms with Crippen molar-refractivity contribution in [2.45, 2.75) is 30.5 Å². The van der Waals surface area contributed by atoms with Gasteiger partial charge in [0, 0.05) is 5.75 Å².